The Morgan fingerprint density at radius 1 is 1.00 bits per heavy atom. The van der Waals surface area contributed by atoms with Crippen molar-refractivity contribution in [2.24, 2.45) is 0 Å². The SMILES string of the molecule is Clc1ccccc1-c1nc2nc3ccccc3nc2n1C[C@@H]1CCCO1. The third-order valence-electron chi connectivity index (χ3n) is 4.78. The summed E-state index contributed by atoms with van der Waals surface area (Å²) < 4.78 is 7.96. The van der Waals surface area contributed by atoms with E-state index in [1.807, 2.05) is 48.5 Å². The van der Waals surface area contributed by atoms with Crippen LogP contribution in [-0.2, 0) is 11.3 Å². The Hall–Kier alpha value is -2.50. The molecule has 1 aliphatic rings. The summed E-state index contributed by atoms with van der Waals surface area (Å²) in [6, 6.07) is 15.6. The van der Waals surface area contributed by atoms with Gasteiger partial charge >= 0.3 is 0 Å². The number of benzene rings is 2. The summed E-state index contributed by atoms with van der Waals surface area (Å²) in [6.07, 6.45) is 2.30. The summed E-state index contributed by atoms with van der Waals surface area (Å²) in [6.45, 7) is 1.51. The van der Waals surface area contributed by atoms with E-state index in [0.29, 0.717) is 17.2 Å². The minimum Gasteiger partial charge on any atom is -0.376 e. The summed E-state index contributed by atoms with van der Waals surface area (Å²) in [7, 11) is 0. The molecule has 26 heavy (non-hydrogen) atoms. The molecular weight excluding hydrogens is 348 g/mol. The first-order valence-electron chi connectivity index (χ1n) is 8.79. The van der Waals surface area contributed by atoms with Crippen molar-refractivity contribution < 1.29 is 4.74 Å². The monoisotopic (exact) mass is 364 g/mol. The van der Waals surface area contributed by atoms with Crippen LogP contribution >= 0.6 is 11.6 Å². The van der Waals surface area contributed by atoms with Crippen LogP contribution in [0.2, 0.25) is 5.02 Å². The molecule has 5 nitrogen and oxygen atoms in total. The molecule has 4 aromatic rings. The Morgan fingerprint density at radius 2 is 1.77 bits per heavy atom. The second-order valence-electron chi connectivity index (χ2n) is 6.52. The molecule has 1 fully saturated rings. The smallest absolute Gasteiger partial charge is 0.198 e. The quantitative estimate of drug-likeness (QED) is 0.538. The minimum absolute atomic E-state index is 0.168. The third kappa shape index (κ3) is 2.64. The molecule has 1 atom stereocenters. The molecule has 0 saturated carbocycles. The molecular formula is C20H17ClN4O. The van der Waals surface area contributed by atoms with Crippen LogP contribution in [0.15, 0.2) is 48.5 Å². The van der Waals surface area contributed by atoms with Gasteiger partial charge < -0.3 is 9.30 Å². The van der Waals surface area contributed by atoms with E-state index in [1.165, 1.54) is 0 Å². The molecule has 130 valence electrons. The van der Waals surface area contributed by atoms with E-state index < -0.39 is 0 Å². The van der Waals surface area contributed by atoms with Gasteiger partial charge in [0.2, 0.25) is 0 Å². The topological polar surface area (TPSA) is 52.8 Å². The molecule has 0 spiro atoms. The van der Waals surface area contributed by atoms with Gasteiger partial charge in [-0.15, -0.1) is 0 Å². The molecule has 0 amide bonds. The first kappa shape index (κ1) is 15.7. The fraction of sp³-hybridized carbons (Fsp3) is 0.250. The third-order valence-corrected chi connectivity index (χ3v) is 5.11. The average molecular weight is 365 g/mol. The van der Waals surface area contributed by atoms with E-state index in [1.54, 1.807) is 0 Å². The summed E-state index contributed by atoms with van der Waals surface area (Å²) in [5.41, 5.74) is 3.99. The van der Waals surface area contributed by atoms with Gasteiger partial charge in [-0.25, -0.2) is 15.0 Å². The Labute approximate surface area is 155 Å². The van der Waals surface area contributed by atoms with Crippen molar-refractivity contribution in [3.63, 3.8) is 0 Å². The highest BCUT2D eigenvalue weighted by Gasteiger charge is 2.23. The number of rotatable bonds is 3. The van der Waals surface area contributed by atoms with Crippen molar-refractivity contribution in [2.45, 2.75) is 25.5 Å². The normalized spacial score (nSPS) is 17.3. The van der Waals surface area contributed by atoms with Gasteiger partial charge in [0.15, 0.2) is 11.3 Å². The number of hydrogen-bond acceptors (Lipinski definition) is 4. The second kappa shape index (κ2) is 6.34. The molecule has 0 radical (unpaired) electrons. The molecule has 0 bridgehead atoms. The molecule has 0 N–H and O–H groups in total. The first-order valence-corrected chi connectivity index (χ1v) is 9.17. The van der Waals surface area contributed by atoms with Gasteiger partial charge in [0.25, 0.3) is 0 Å². The molecule has 2 aromatic carbocycles. The molecule has 1 saturated heterocycles. The number of para-hydroxylation sites is 2. The summed E-state index contributed by atoms with van der Waals surface area (Å²) in [5.74, 6) is 0.788. The van der Waals surface area contributed by atoms with Crippen LogP contribution in [0.3, 0.4) is 0 Å². The van der Waals surface area contributed by atoms with Crippen molar-refractivity contribution in [1.82, 2.24) is 19.5 Å². The lowest BCUT2D eigenvalue weighted by molar-refractivity contribution is 0.0981. The summed E-state index contributed by atoms with van der Waals surface area (Å²) in [5, 5.41) is 0.668. The molecule has 5 rings (SSSR count). The fourth-order valence-electron chi connectivity index (χ4n) is 3.51. The van der Waals surface area contributed by atoms with Gasteiger partial charge in [-0.05, 0) is 37.1 Å². The van der Waals surface area contributed by atoms with Gasteiger partial charge in [0.1, 0.15) is 5.82 Å². The lowest BCUT2D eigenvalue weighted by Gasteiger charge is -2.14. The standard InChI is InChI=1S/C20H17ClN4O/c21-15-8-2-1-7-14(15)19-24-18-20(25(19)12-13-6-5-11-26-13)23-17-10-4-3-9-16(17)22-18/h1-4,7-10,13H,5-6,11-12H2/t13-/m0/s1. The maximum atomic E-state index is 6.45. The predicted octanol–water partition coefficient (Wildman–Crippen LogP) is 4.48. The van der Waals surface area contributed by atoms with Crippen molar-refractivity contribution in [3.05, 3.63) is 53.6 Å². The van der Waals surface area contributed by atoms with Gasteiger partial charge in [0.05, 0.1) is 28.7 Å². The van der Waals surface area contributed by atoms with E-state index in [2.05, 4.69) is 4.57 Å². The Balaban J connectivity index is 1.76. The van der Waals surface area contributed by atoms with Crippen molar-refractivity contribution in [3.8, 4) is 11.4 Å². The Morgan fingerprint density at radius 3 is 2.54 bits per heavy atom. The van der Waals surface area contributed by atoms with Crippen molar-refractivity contribution >= 4 is 33.9 Å². The van der Waals surface area contributed by atoms with Crippen LogP contribution in [-0.4, -0.2) is 32.2 Å². The molecule has 0 unspecified atom stereocenters. The average Bonchev–Trinajstić information content (AvgIpc) is 3.29. The van der Waals surface area contributed by atoms with E-state index >= 15 is 0 Å². The van der Waals surface area contributed by atoms with E-state index in [9.17, 15) is 0 Å². The van der Waals surface area contributed by atoms with Gasteiger partial charge in [-0.3, -0.25) is 0 Å². The maximum absolute atomic E-state index is 6.45. The molecule has 3 heterocycles. The van der Waals surface area contributed by atoms with Crippen LogP contribution in [0.4, 0.5) is 0 Å². The molecule has 1 aliphatic heterocycles. The van der Waals surface area contributed by atoms with E-state index in [-0.39, 0.29) is 6.10 Å². The number of fused-ring (bicyclic) bond motifs is 2. The summed E-state index contributed by atoms with van der Waals surface area (Å²) >= 11 is 6.45. The van der Waals surface area contributed by atoms with Crippen molar-refractivity contribution in [1.29, 1.82) is 0 Å². The zero-order chi connectivity index (χ0) is 17.5. The highest BCUT2D eigenvalue weighted by molar-refractivity contribution is 6.33. The number of hydrogen-bond donors (Lipinski definition) is 0. The number of ether oxygens (including phenoxy) is 1. The highest BCUT2D eigenvalue weighted by atomic mass is 35.5. The van der Waals surface area contributed by atoms with Crippen LogP contribution in [0.1, 0.15) is 12.8 Å². The second-order valence-corrected chi connectivity index (χ2v) is 6.93. The van der Waals surface area contributed by atoms with E-state index in [0.717, 1.165) is 47.5 Å². The first-order chi connectivity index (χ1) is 12.8. The maximum Gasteiger partial charge on any atom is 0.198 e. The zero-order valence-electron chi connectivity index (χ0n) is 14.1. The molecule has 2 aromatic heterocycles. The number of nitrogens with zero attached hydrogens (tertiary/aromatic N) is 4. The number of aromatic nitrogens is 4. The van der Waals surface area contributed by atoms with Crippen LogP contribution < -0.4 is 0 Å². The van der Waals surface area contributed by atoms with Crippen LogP contribution in [0.25, 0.3) is 33.7 Å². The largest absolute Gasteiger partial charge is 0.376 e. The summed E-state index contributed by atoms with van der Waals surface area (Å²) in [4.78, 5) is 14.3. The lowest BCUT2D eigenvalue weighted by Crippen LogP contribution is -2.16. The fourth-order valence-corrected chi connectivity index (χ4v) is 3.73. The lowest BCUT2D eigenvalue weighted by atomic mass is 10.2. The minimum atomic E-state index is 0.168. The van der Waals surface area contributed by atoms with Crippen molar-refractivity contribution in [2.75, 3.05) is 6.61 Å². The Bertz CT molecular complexity index is 1100. The zero-order valence-corrected chi connectivity index (χ0v) is 14.9. The van der Waals surface area contributed by atoms with Crippen LogP contribution in [0, 0.1) is 0 Å². The van der Waals surface area contributed by atoms with Gasteiger partial charge in [-0.2, -0.15) is 0 Å². The van der Waals surface area contributed by atoms with E-state index in [4.69, 9.17) is 31.3 Å². The number of halogens is 1. The highest BCUT2D eigenvalue weighted by Crippen LogP contribution is 2.31. The van der Waals surface area contributed by atoms with Crippen LogP contribution in [0.5, 0.6) is 0 Å². The predicted molar refractivity (Wildman–Crippen MR) is 102 cm³/mol. The molecule has 0 aliphatic carbocycles. The van der Waals surface area contributed by atoms with Gasteiger partial charge in [-0.1, -0.05) is 35.9 Å². The van der Waals surface area contributed by atoms with Gasteiger partial charge in [0, 0.05) is 12.2 Å². The Kier molecular flexibility index (Phi) is 3.84. The number of imidazole rings is 1. The molecule has 6 heteroatoms.